The van der Waals surface area contributed by atoms with Crippen LogP contribution in [0.25, 0.3) is 0 Å². The summed E-state index contributed by atoms with van der Waals surface area (Å²) in [6.45, 7) is 3.45. The number of nitrogens with zero attached hydrogens (tertiary/aromatic N) is 4. The lowest BCUT2D eigenvalue weighted by Gasteiger charge is -2.41. The monoisotopic (exact) mass is 655 g/mol. The second kappa shape index (κ2) is 12.3. The molecule has 3 atom stereocenters. The summed E-state index contributed by atoms with van der Waals surface area (Å²) < 4.78 is 88.3. The van der Waals surface area contributed by atoms with E-state index in [1.165, 1.54) is 29.4 Å². The van der Waals surface area contributed by atoms with Gasteiger partial charge >= 0.3 is 18.4 Å². The highest BCUT2D eigenvalue weighted by atomic mass is 79.9. The number of aromatic nitrogens is 2. The van der Waals surface area contributed by atoms with Crippen LogP contribution in [0.3, 0.4) is 0 Å². The zero-order chi connectivity index (χ0) is 30.8. The van der Waals surface area contributed by atoms with E-state index in [1.54, 1.807) is 19.9 Å². The second-order valence-electron chi connectivity index (χ2n) is 9.50. The molecule has 1 amide bonds. The highest BCUT2D eigenvalue weighted by Crippen LogP contribution is 2.43. The number of fused-ring (bicyclic) bond motifs is 1. The number of ether oxygens (including phenoxy) is 1. The van der Waals surface area contributed by atoms with Crippen LogP contribution in [0.4, 0.5) is 36.8 Å². The van der Waals surface area contributed by atoms with Crippen molar-refractivity contribution in [2.45, 2.75) is 57.2 Å². The number of amides is 1. The van der Waals surface area contributed by atoms with E-state index in [-0.39, 0.29) is 41.2 Å². The van der Waals surface area contributed by atoms with Crippen LogP contribution in [-0.4, -0.2) is 28.7 Å². The van der Waals surface area contributed by atoms with Gasteiger partial charge in [0.2, 0.25) is 0 Å². The molecule has 0 saturated carbocycles. The summed E-state index contributed by atoms with van der Waals surface area (Å²) >= 11 is 3.21. The Morgan fingerprint density at radius 3 is 2.33 bits per heavy atom. The van der Waals surface area contributed by atoms with Crippen molar-refractivity contribution in [3.63, 3.8) is 0 Å². The maximum absolute atomic E-state index is 13.8. The van der Waals surface area contributed by atoms with Crippen LogP contribution in [0, 0.1) is 11.3 Å². The number of hydrogen-bond acceptors (Lipinski definition) is 6. The molecule has 1 aliphatic heterocycles. The number of carbonyl (C=O) groups is 1. The summed E-state index contributed by atoms with van der Waals surface area (Å²) in [7, 11) is 0. The van der Waals surface area contributed by atoms with Crippen LogP contribution in [0.5, 0.6) is 0 Å². The van der Waals surface area contributed by atoms with Gasteiger partial charge in [0.25, 0.3) is 0 Å². The largest absolute Gasteiger partial charge is 0.449 e. The first kappa shape index (κ1) is 31.2. The molecule has 7 nitrogen and oxygen atoms in total. The number of benzene rings is 2. The topological polar surface area (TPSA) is 91.1 Å². The summed E-state index contributed by atoms with van der Waals surface area (Å²) in [5.74, 6) is 0.0239. The van der Waals surface area contributed by atoms with Crippen molar-refractivity contribution >= 4 is 27.7 Å². The Morgan fingerprint density at radius 2 is 1.76 bits per heavy atom. The van der Waals surface area contributed by atoms with Crippen LogP contribution >= 0.6 is 15.9 Å². The third-order valence-electron chi connectivity index (χ3n) is 6.81. The number of carbonyl (C=O) groups excluding carboxylic acids is 1. The van der Waals surface area contributed by atoms with Crippen molar-refractivity contribution in [1.82, 2.24) is 15.3 Å². The standard InChI is InChI=1S/C28H24BrF6N5O2/c1-3-20-11-22(21-10-17(27(30,31)32)5-6-23(21)40(20)26(41)42-4-2)39-24(25-37-13-19(29)14-38-25)16-7-15(12-36)8-18(9-16)28(33,34)35/h5-10,13-14,20,22,24,39H,3-4,11H2,1-2H3/t20-,22+,24?/m1/s1. The second-order valence-corrected chi connectivity index (χ2v) is 10.4. The number of hydrogen-bond donors (Lipinski definition) is 1. The molecule has 222 valence electrons. The minimum absolute atomic E-state index is 0.0157. The lowest BCUT2D eigenvalue weighted by atomic mass is 9.87. The zero-order valence-corrected chi connectivity index (χ0v) is 23.8. The van der Waals surface area contributed by atoms with Gasteiger partial charge in [-0.2, -0.15) is 31.6 Å². The van der Waals surface area contributed by atoms with Gasteiger partial charge in [-0.15, -0.1) is 0 Å². The van der Waals surface area contributed by atoms with Gasteiger partial charge in [0.05, 0.1) is 45.6 Å². The molecule has 42 heavy (non-hydrogen) atoms. The molecule has 0 aliphatic carbocycles. The van der Waals surface area contributed by atoms with E-state index in [9.17, 15) is 36.4 Å². The molecule has 1 N–H and O–H groups in total. The Kier molecular flexibility index (Phi) is 9.12. The zero-order valence-electron chi connectivity index (χ0n) is 22.2. The quantitative estimate of drug-likeness (QED) is 0.274. The molecule has 4 rings (SSSR count). The summed E-state index contributed by atoms with van der Waals surface area (Å²) in [6.07, 6.45) is -6.95. The molecule has 0 radical (unpaired) electrons. The highest BCUT2D eigenvalue weighted by Gasteiger charge is 2.40. The van der Waals surface area contributed by atoms with Crippen LogP contribution in [0.2, 0.25) is 0 Å². The number of anilines is 1. The van der Waals surface area contributed by atoms with Crippen molar-refractivity contribution in [3.05, 3.63) is 86.9 Å². The summed E-state index contributed by atoms with van der Waals surface area (Å²) in [6, 6.07) is 4.91. The lowest BCUT2D eigenvalue weighted by molar-refractivity contribution is -0.138. The molecule has 2 aromatic carbocycles. The Hall–Kier alpha value is -3.70. The van der Waals surface area contributed by atoms with Gasteiger partial charge in [-0.25, -0.2) is 14.8 Å². The first-order chi connectivity index (χ1) is 19.8. The van der Waals surface area contributed by atoms with Crippen molar-refractivity contribution in [2.75, 3.05) is 11.5 Å². The third-order valence-corrected chi connectivity index (χ3v) is 7.22. The van der Waals surface area contributed by atoms with Crippen molar-refractivity contribution in [3.8, 4) is 6.07 Å². The average Bonchev–Trinajstić information content (AvgIpc) is 2.94. The molecular formula is C28H24BrF6N5O2. The summed E-state index contributed by atoms with van der Waals surface area (Å²) in [5, 5.41) is 12.6. The Morgan fingerprint density at radius 1 is 1.10 bits per heavy atom. The van der Waals surface area contributed by atoms with Gasteiger partial charge in [-0.1, -0.05) is 6.92 Å². The highest BCUT2D eigenvalue weighted by molar-refractivity contribution is 9.10. The Labute approximate surface area is 245 Å². The molecule has 0 bridgehead atoms. The predicted octanol–water partition coefficient (Wildman–Crippen LogP) is 7.71. The molecule has 0 fully saturated rings. The maximum Gasteiger partial charge on any atom is 0.416 e. The molecular weight excluding hydrogens is 632 g/mol. The van der Waals surface area contributed by atoms with Crippen molar-refractivity contribution < 1.29 is 35.9 Å². The Bertz CT molecular complexity index is 1490. The summed E-state index contributed by atoms with van der Waals surface area (Å²) in [4.78, 5) is 22.7. The van der Waals surface area contributed by atoms with Gasteiger partial charge < -0.3 is 4.74 Å². The minimum atomic E-state index is -4.78. The molecule has 0 saturated heterocycles. The molecule has 1 aliphatic rings. The Balaban J connectivity index is 1.90. The predicted molar refractivity (Wildman–Crippen MR) is 143 cm³/mol. The third kappa shape index (κ3) is 6.68. The van der Waals surface area contributed by atoms with Crippen LogP contribution < -0.4 is 10.2 Å². The van der Waals surface area contributed by atoms with E-state index in [0.717, 1.165) is 18.2 Å². The molecule has 1 unspecified atom stereocenters. The van der Waals surface area contributed by atoms with E-state index in [4.69, 9.17) is 4.74 Å². The van der Waals surface area contributed by atoms with E-state index in [1.807, 2.05) is 0 Å². The number of halogens is 7. The van der Waals surface area contributed by atoms with Gasteiger partial charge in [-0.05, 0) is 83.2 Å². The van der Waals surface area contributed by atoms with Gasteiger partial charge in [0.1, 0.15) is 5.82 Å². The molecule has 1 aromatic heterocycles. The molecule has 2 heterocycles. The van der Waals surface area contributed by atoms with E-state index >= 15 is 0 Å². The smallest absolute Gasteiger partial charge is 0.416 e. The van der Waals surface area contributed by atoms with E-state index < -0.39 is 47.7 Å². The summed E-state index contributed by atoms with van der Waals surface area (Å²) in [5.41, 5.74) is -2.06. The molecule has 14 heteroatoms. The first-order valence-electron chi connectivity index (χ1n) is 12.8. The molecule has 0 spiro atoms. The lowest BCUT2D eigenvalue weighted by Crippen LogP contribution is -2.47. The molecule has 3 aromatic rings. The minimum Gasteiger partial charge on any atom is -0.449 e. The normalized spacial score (nSPS) is 17.8. The number of nitrogens with one attached hydrogen (secondary N) is 1. The van der Waals surface area contributed by atoms with Crippen LogP contribution in [0.1, 0.15) is 72.4 Å². The van der Waals surface area contributed by atoms with E-state index in [2.05, 4.69) is 31.2 Å². The van der Waals surface area contributed by atoms with Gasteiger partial charge in [0.15, 0.2) is 0 Å². The number of nitriles is 1. The fourth-order valence-electron chi connectivity index (χ4n) is 4.92. The van der Waals surface area contributed by atoms with Crippen LogP contribution in [-0.2, 0) is 17.1 Å². The number of rotatable bonds is 6. The van der Waals surface area contributed by atoms with Crippen molar-refractivity contribution in [1.29, 1.82) is 5.26 Å². The number of alkyl halides is 6. The van der Waals surface area contributed by atoms with Crippen LogP contribution in [0.15, 0.2) is 53.3 Å². The van der Waals surface area contributed by atoms with Gasteiger partial charge in [-0.3, -0.25) is 10.2 Å². The fraction of sp³-hybridized carbons (Fsp3) is 0.357. The van der Waals surface area contributed by atoms with Gasteiger partial charge in [0, 0.05) is 24.5 Å². The van der Waals surface area contributed by atoms with Crippen molar-refractivity contribution in [2.24, 2.45) is 0 Å². The first-order valence-corrected chi connectivity index (χ1v) is 13.6. The fourth-order valence-corrected chi connectivity index (χ4v) is 5.12. The maximum atomic E-state index is 13.8. The van der Waals surface area contributed by atoms with E-state index in [0.29, 0.717) is 17.0 Å². The average molecular weight is 656 g/mol. The SMILES string of the molecule is CCOC(=O)N1c2ccc(C(F)(F)F)cc2[C@@H](NC(c2cc(C#N)cc(C(F)(F)F)c2)c2ncc(Br)cn2)C[C@H]1CC.